The van der Waals surface area contributed by atoms with Gasteiger partial charge in [-0.25, -0.2) is 4.79 Å². The topological polar surface area (TPSA) is 64.6 Å². The van der Waals surface area contributed by atoms with Gasteiger partial charge in [0.25, 0.3) is 5.91 Å². The Hall–Kier alpha value is -1.95. The van der Waals surface area contributed by atoms with E-state index in [9.17, 15) is 9.59 Å². The Morgan fingerprint density at radius 3 is 2.58 bits per heavy atom. The Morgan fingerprint density at radius 2 is 1.88 bits per heavy atom. The monoisotopic (exact) mass is 387 g/mol. The normalized spacial score (nSPS) is 10.2. The molecule has 0 atom stereocenters. The van der Waals surface area contributed by atoms with E-state index in [1.807, 2.05) is 0 Å². The van der Waals surface area contributed by atoms with Gasteiger partial charge in [0.15, 0.2) is 6.61 Å². The molecule has 1 amide bonds. The summed E-state index contributed by atoms with van der Waals surface area (Å²) in [5.74, 6) is -0.880. The molecular weight excluding hydrogens is 377 g/mol. The summed E-state index contributed by atoms with van der Waals surface area (Å²) >= 11 is 17.6. The highest BCUT2D eigenvalue weighted by atomic mass is 35.5. The summed E-state index contributed by atoms with van der Waals surface area (Å²) < 4.78 is 10.0. The second kappa shape index (κ2) is 8.24. The fraction of sp³-hybridized carbons (Fsp3) is 0.125. The van der Waals surface area contributed by atoms with Gasteiger partial charge >= 0.3 is 5.97 Å². The summed E-state index contributed by atoms with van der Waals surface area (Å²) in [5, 5.41) is 3.27. The smallest absolute Gasteiger partial charge is 0.340 e. The molecule has 2 aromatic rings. The lowest BCUT2D eigenvalue weighted by atomic mass is 10.2. The third-order valence-electron chi connectivity index (χ3n) is 2.94. The summed E-state index contributed by atoms with van der Waals surface area (Å²) in [6.07, 6.45) is 0. The Balaban J connectivity index is 2.00. The number of halogens is 3. The Kier molecular flexibility index (Phi) is 6.31. The minimum absolute atomic E-state index is 0.0704. The SMILES string of the molecule is COc1ccc(Cl)cc1NC(=O)COC(=O)c1cccc(Cl)c1Cl. The standard InChI is InChI=1S/C16H12Cl3NO4/c1-23-13-6-5-9(17)7-12(13)20-14(21)8-24-16(22)10-3-2-4-11(18)15(10)19/h2-7H,8H2,1H3,(H,20,21). The summed E-state index contributed by atoms with van der Waals surface area (Å²) in [4.78, 5) is 23.9. The Labute approximate surface area is 153 Å². The van der Waals surface area contributed by atoms with Crippen LogP contribution in [0.15, 0.2) is 36.4 Å². The van der Waals surface area contributed by atoms with E-state index in [0.29, 0.717) is 16.5 Å². The number of carbonyl (C=O) groups excluding carboxylic acids is 2. The molecule has 0 spiro atoms. The largest absolute Gasteiger partial charge is 0.495 e. The lowest BCUT2D eigenvalue weighted by Gasteiger charge is -2.11. The molecule has 24 heavy (non-hydrogen) atoms. The highest BCUT2D eigenvalue weighted by Gasteiger charge is 2.16. The van der Waals surface area contributed by atoms with Gasteiger partial charge < -0.3 is 14.8 Å². The molecule has 0 radical (unpaired) electrons. The van der Waals surface area contributed by atoms with Gasteiger partial charge in [-0.2, -0.15) is 0 Å². The zero-order chi connectivity index (χ0) is 17.7. The maximum absolute atomic E-state index is 12.0. The average Bonchev–Trinajstić information content (AvgIpc) is 2.55. The van der Waals surface area contributed by atoms with Crippen LogP contribution in [0.4, 0.5) is 5.69 Å². The zero-order valence-corrected chi connectivity index (χ0v) is 14.7. The molecule has 0 fully saturated rings. The van der Waals surface area contributed by atoms with Crippen molar-refractivity contribution in [2.24, 2.45) is 0 Å². The molecule has 2 aromatic carbocycles. The van der Waals surface area contributed by atoms with E-state index >= 15 is 0 Å². The third kappa shape index (κ3) is 4.54. The first-order chi connectivity index (χ1) is 11.4. The summed E-state index contributed by atoms with van der Waals surface area (Å²) in [6.45, 7) is -0.503. The van der Waals surface area contributed by atoms with Crippen molar-refractivity contribution in [3.05, 3.63) is 57.0 Å². The molecule has 0 bridgehead atoms. The first-order valence-corrected chi connectivity index (χ1v) is 7.80. The molecule has 0 unspecified atom stereocenters. The fourth-order valence-electron chi connectivity index (χ4n) is 1.83. The zero-order valence-electron chi connectivity index (χ0n) is 12.4. The van der Waals surface area contributed by atoms with Crippen LogP contribution in [-0.4, -0.2) is 25.6 Å². The van der Waals surface area contributed by atoms with E-state index in [1.54, 1.807) is 24.3 Å². The Morgan fingerprint density at radius 1 is 1.12 bits per heavy atom. The fourth-order valence-corrected chi connectivity index (χ4v) is 2.38. The van der Waals surface area contributed by atoms with Crippen molar-refractivity contribution in [1.82, 2.24) is 0 Å². The quantitative estimate of drug-likeness (QED) is 0.769. The number of esters is 1. The van der Waals surface area contributed by atoms with Gasteiger partial charge in [0.2, 0.25) is 0 Å². The van der Waals surface area contributed by atoms with E-state index in [2.05, 4.69) is 5.32 Å². The summed E-state index contributed by atoms with van der Waals surface area (Å²) in [5.41, 5.74) is 0.448. The van der Waals surface area contributed by atoms with Gasteiger partial charge in [-0.05, 0) is 30.3 Å². The second-order valence-corrected chi connectivity index (χ2v) is 5.79. The van der Waals surface area contributed by atoms with Crippen LogP contribution in [0.2, 0.25) is 15.1 Å². The lowest BCUT2D eigenvalue weighted by Crippen LogP contribution is -2.21. The van der Waals surface area contributed by atoms with E-state index in [-0.39, 0.29) is 15.6 Å². The molecular formula is C16H12Cl3NO4. The molecule has 0 aliphatic heterocycles. The highest BCUT2D eigenvalue weighted by molar-refractivity contribution is 6.43. The molecule has 0 aliphatic carbocycles. The van der Waals surface area contributed by atoms with Crippen LogP contribution in [0, 0.1) is 0 Å². The average molecular weight is 389 g/mol. The van der Waals surface area contributed by atoms with Crippen molar-refractivity contribution >= 4 is 52.4 Å². The maximum Gasteiger partial charge on any atom is 0.340 e. The molecule has 2 rings (SSSR count). The number of hydrogen-bond donors (Lipinski definition) is 1. The van der Waals surface area contributed by atoms with E-state index in [0.717, 1.165) is 0 Å². The number of benzene rings is 2. The van der Waals surface area contributed by atoms with Crippen LogP contribution in [0.1, 0.15) is 10.4 Å². The molecule has 0 aliphatic rings. The number of nitrogens with one attached hydrogen (secondary N) is 1. The van der Waals surface area contributed by atoms with Crippen LogP contribution in [0.5, 0.6) is 5.75 Å². The Bertz CT molecular complexity index is 780. The van der Waals surface area contributed by atoms with Crippen LogP contribution < -0.4 is 10.1 Å². The molecule has 1 N–H and O–H groups in total. The number of rotatable bonds is 5. The van der Waals surface area contributed by atoms with E-state index < -0.39 is 18.5 Å². The highest BCUT2D eigenvalue weighted by Crippen LogP contribution is 2.28. The van der Waals surface area contributed by atoms with Gasteiger partial charge in [0, 0.05) is 5.02 Å². The molecule has 126 valence electrons. The van der Waals surface area contributed by atoms with Crippen LogP contribution in [0.3, 0.4) is 0 Å². The van der Waals surface area contributed by atoms with Crippen molar-refractivity contribution in [2.45, 2.75) is 0 Å². The molecule has 0 aromatic heterocycles. The van der Waals surface area contributed by atoms with Gasteiger partial charge in [-0.15, -0.1) is 0 Å². The van der Waals surface area contributed by atoms with Crippen molar-refractivity contribution in [1.29, 1.82) is 0 Å². The van der Waals surface area contributed by atoms with Crippen molar-refractivity contribution in [3.63, 3.8) is 0 Å². The van der Waals surface area contributed by atoms with Crippen LogP contribution in [-0.2, 0) is 9.53 Å². The summed E-state index contributed by atoms with van der Waals surface area (Å²) in [6, 6.07) is 9.30. The van der Waals surface area contributed by atoms with Crippen LogP contribution >= 0.6 is 34.8 Å². The maximum atomic E-state index is 12.0. The van der Waals surface area contributed by atoms with Crippen LogP contribution in [0.25, 0.3) is 0 Å². The molecule has 8 heteroatoms. The first kappa shape index (κ1) is 18.4. The third-order valence-corrected chi connectivity index (χ3v) is 4.00. The van der Waals surface area contributed by atoms with Gasteiger partial charge in [0.05, 0.1) is 28.4 Å². The minimum atomic E-state index is -0.754. The van der Waals surface area contributed by atoms with E-state index in [1.165, 1.54) is 19.2 Å². The number of anilines is 1. The minimum Gasteiger partial charge on any atom is -0.495 e. The second-order valence-electron chi connectivity index (χ2n) is 4.57. The molecule has 5 nitrogen and oxygen atoms in total. The first-order valence-electron chi connectivity index (χ1n) is 6.67. The molecule has 0 saturated carbocycles. The molecule has 0 saturated heterocycles. The van der Waals surface area contributed by atoms with E-state index in [4.69, 9.17) is 44.3 Å². The number of methoxy groups -OCH3 is 1. The van der Waals surface area contributed by atoms with Crippen molar-refractivity contribution < 1.29 is 19.1 Å². The van der Waals surface area contributed by atoms with Gasteiger partial charge in [0.1, 0.15) is 5.75 Å². The van der Waals surface area contributed by atoms with Crippen molar-refractivity contribution in [3.8, 4) is 5.75 Å². The number of ether oxygens (including phenoxy) is 2. The number of hydrogen-bond acceptors (Lipinski definition) is 4. The summed E-state index contributed by atoms with van der Waals surface area (Å²) in [7, 11) is 1.46. The predicted molar refractivity (Wildman–Crippen MR) is 93.4 cm³/mol. The van der Waals surface area contributed by atoms with Gasteiger partial charge in [-0.3, -0.25) is 4.79 Å². The molecule has 0 heterocycles. The predicted octanol–water partition coefficient (Wildman–Crippen LogP) is 4.45. The van der Waals surface area contributed by atoms with Crippen molar-refractivity contribution in [2.75, 3.05) is 19.0 Å². The van der Waals surface area contributed by atoms with Gasteiger partial charge in [-0.1, -0.05) is 40.9 Å². The lowest BCUT2D eigenvalue weighted by molar-refractivity contribution is -0.119. The number of carbonyl (C=O) groups is 2. The number of amides is 1.